The molecule has 1 aliphatic rings. The van der Waals surface area contributed by atoms with Gasteiger partial charge >= 0.3 is 0 Å². The minimum Gasteiger partial charge on any atom is -0.307 e. The summed E-state index contributed by atoms with van der Waals surface area (Å²) in [4.78, 5) is -0.236. The Morgan fingerprint density at radius 2 is 2.17 bits per heavy atom. The van der Waals surface area contributed by atoms with E-state index < -0.39 is 0 Å². The standard InChI is InChI=1S/C7H9ClN4/c8-7(3-4-7)5-1-2-6(10-9)12-11-5/h1-2H,3-4,9H2,(H,10,12). The lowest BCUT2D eigenvalue weighted by molar-refractivity contribution is 0.862. The van der Waals surface area contributed by atoms with Crippen LogP contribution in [0.3, 0.4) is 0 Å². The maximum Gasteiger partial charge on any atom is 0.162 e. The Kier molecular flexibility index (Phi) is 1.66. The van der Waals surface area contributed by atoms with E-state index in [9.17, 15) is 0 Å². The van der Waals surface area contributed by atoms with E-state index >= 15 is 0 Å². The largest absolute Gasteiger partial charge is 0.307 e. The van der Waals surface area contributed by atoms with Gasteiger partial charge in [-0.25, -0.2) is 5.84 Å². The predicted octanol–water partition coefficient (Wildman–Crippen LogP) is 0.990. The minimum absolute atomic E-state index is 0.236. The molecule has 1 heterocycles. The first-order valence-electron chi connectivity index (χ1n) is 3.74. The quantitative estimate of drug-likeness (QED) is 0.409. The summed E-state index contributed by atoms with van der Waals surface area (Å²) < 4.78 is 0. The molecule has 1 aromatic heterocycles. The van der Waals surface area contributed by atoms with E-state index in [4.69, 9.17) is 17.4 Å². The Morgan fingerprint density at radius 3 is 2.58 bits per heavy atom. The van der Waals surface area contributed by atoms with Gasteiger partial charge in [0.05, 0.1) is 10.6 Å². The van der Waals surface area contributed by atoms with Gasteiger partial charge in [0.2, 0.25) is 0 Å². The van der Waals surface area contributed by atoms with Crippen LogP contribution >= 0.6 is 11.6 Å². The van der Waals surface area contributed by atoms with Gasteiger partial charge < -0.3 is 5.43 Å². The molecule has 0 amide bonds. The third-order valence-corrected chi connectivity index (χ3v) is 2.53. The van der Waals surface area contributed by atoms with Crippen molar-refractivity contribution in [1.82, 2.24) is 10.2 Å². The number of hydrazine groups is 1. The highest BCUT2D eigenvalue weighted by molar-refractivity contribution is 6.25. The van der Waals surface area contributed by atoms with Crippen LogP contribution in [0.2, 0.25) is 0 Å². The smallest absolute Gasteiger partial charge is 0.162 e. The maximum atomic E-state index is 6.11. The zero-order chi connectivity index (χ0) is 8.60. The summed E-state index contributed by atoms with van der Waals surface area (Å²) in [7, 11) is 0. The van der Waals surface area contributed by atoms with Crippen molar-refractivity contribution in [1.29, 1.82) is 0 Å². The molecular formula is C7H9ClN4. The Labute approximate surface area is 75.1 Å². The summed E-state index contributed by atoms with van der Waals surface area (Å²) in [5, 5.41) is 7.79. The van der Waals surface area contributed by atoms with Gasteiger partial charge in [-0.1, -0.05) is 0 Å². The molecule has 0 unspecified atom stereocenters. The van der Waals surface area contributed by atoms with Crippen LogP contribution in [-0.2, 0) is 4.87 Å². The molecule has 1 aromatic rings. The van der Waals surface area contributed by atoms with E-state index in [0.29, 0.717) is 5.82 Å². The van der Waals surface area contributed by atoms with Gasteiger partial charge in [0.25, 0.3) is 0 Å². The van der Waals surface area contributed by atoms with Gasteiger partial charge in [-0.2, -0.15) is 5.10 Å². The van der Waals surface area contributed by atoms with Gasteiger partial charge in [-0.05, 0) is 25.0 Å². The van der Waals surface area contributed by atoms with E-state index in [1.165, 1.54) is 0 Å². The van der Waals surface area contributed by atoms with E-state index in [2.05, 4.69) is 15.6 Å². The molecule has 0 saturated heterocycles. The van der Waals surface area contributed by atoms with E-state index in [1.807, 2.05) is 6.07 Å². The summed E-state index contributed by atoms with van der Waals surface area (Å²) in [5.41, 5.74) is 3.25. The normalized spacial score (nSPS) is 18.8. The van der Waals surface area contributed by atoms with Gasteiger partial charge in [-0.3, -0.25) is 0 Å². The number of aromatic nitrogens is 2. The summed E-state index contributed by atoms with van der Waals surface area (Å²) in [6, 6.07) is 3.62. The lowest BCUT2D eigenvalue weighted by atomic mass is 10.3. The van der Waals surface area contributed by atoms with Crippen LogP contribution in [0.4, 0.5) is 5.82 Å². The van der Waals surface area contributed by atoms with Crippen molar-refractivity contribution >= 4 is 17.4 Å². The van der Waals surface area contributed by atoms with Crippen LogP contribution in [0.5, 0.6) is 0 Å². The summed E-state index contributed by atoms with van der Waals surface area (Å²) in [6.07, 6.45) is 1.97. The first kappa shape index (κ1) is 7.76. The van der Waals surface area contributed by atoms with Gasteiger partial charge in [-0.15, -0.1) is 16.7 Å². The van der Waals surface area contributed by atoms with Crippen molar-refractivity contribution in [2.45, 2.75) is 17.7 Å². The molecule has 0 bridgehead atoms. The van der Waals surface area contributed by atoms with E-state index in [0.717, 1.165) is 18.5 Å². The van der Waals surface area contributed by atoms with Gasteiger partial charge in [0.15, 0.2) is 5.82 Å². The lowest BCUT2D eigenvalue weighted by Gasteiger charge is -2.04. The van der Waals surface area contributed by atoms with Crippen molar-refractivity contribution in [2.24, 2.45) is 5.84 Å². The van der Waals surface area contributed by atoms with Crippen molar-refractivity contribution in [3.63, 3.8) is 0 Å². The van der Waals surface area contributed by atoms with Crippen LogP contribution in [0.1, 0.15) is 18.5 Å². The average Bonchev–Trinajstić information content (AvgIpc) is 2.85. The number of anilines is 1. The van der Waals surface area contributed by atoms with Crippen LogP contribution in [0.15, 0.2) is 12.1 Å². The molecule has 12 heavy (non-hydrogen) atoms. The Balaban J connectivity index is 2.25. The summed E-state index contributed by atoms with van der Waals surface area (Å²) in [5.74, 6) is 5.69. The third-order valence-electron chi connectivity index (χ3n) is 1.96. The molecule has 2 rings (SSSR count). The van der Waals surface area contributed by atoms with Crippen molar-refractivity contribution in [3.05, 3.63) is 17.8 Å². The molecule has 64 valence electrons. The second-order valence-corrected chi connectivity index (χ2v) is 3.64. The van der Waals surface area contributed by atoms with Gasteiger partial charge in [0.1, 0.15) is 0 Å². The van der Waals surface area contributed by atoms with Crippen LogP contribution < -0.4 is 11.3 Å². The molecule has 0 atom stereocenters. The van der Waals surface area contributed by atoms with Crippen LogP contribution in [0.25, 0.3) is 0 Å². The van der Waals surface area contributed by atoms with Crippen LogP contribution in [0, 0.1) is 0 Å². The van der Waals surface area contributed by atoms with E-state index in [1.54, 1.807) is 6.07 Å². The predicted molar refractivity (Wildman–Crippen MR) is 46.6 cm³/mol. The highest BCUT2D eigenvalue weighted by Gasteiger charge is 2.44. The molecule has 0 spiro atoms. The molecule has 4 nitrogen and oxygen atoms in total. The SMILES string of the molecule is NNc1ccc(C2(Cl)CC2)nn1. The number of halogens is 1. The lowest BCUT2D eigenvalue weighted by Crippen LogP contribution is -2.10. The zero-order valence-corrected chi connectivity index (χ0v) is 7.17. The Hall–Kier alpha value is -0.870. The molecule has 5 heteroatoms. The van der Waals surface area contributed by atoms with Crippen molar-refractivity contribution in [2.75, 3.05) is 5.43 Å². The summed E-state index contributed by atoms with van der Waals surface area (Å²) >= 11 is 6.11. The number of rotatable bonds is 2. The molecule has 0 aliphatic heterocycles. The minimum atomic E-state index is -0.236. The fourth-order valence-corrected chi connectivity index (χ4v) is 1.21. The second kappa shape index (κ2) is 2.57. The number of hydrogen-bond donors (Lipinski definition) is 2. The number of nitrogen functional groups attached to an aromatic ring is 1. The highest BCUT2D eigenvalue weighted by Crippen LogP contribution is 2.50. The molecule has 0 radical (unpaired) electrons. The second-order valence-electron chi connectivity index (χ2n) is 2.91. The monoisotopic (exact) mass is 184 g/mol. The van der Waals surface area contributed by atoms with Crippen LogP contribution in [-0.4, -0.2) is 10.2 Å². The highest BCUT2D eigenvalue weighted by atomic mass is 35.5. The fraction of sp³-hybridized carbons (Fsp3) is 0.429. The average molecular weight is 185 g/mol. The maximum absolute atomic E-state index is 6.11. The topological polar surface area (TPSA) is 63.8 Å². The fourth-order valence-electron chi connectivity index (χ4n) is 1.01. The molecule has 1 fully saturated rings. The van der Waals surface area contributed by atoms with E-state index in [-0.39, 0.29) is 4.87 Å². The van der Waals surface area contributed by atoms with Crippen molar-refractivity contribution in [3.8, 4) is 0 Å². The molecule has 1 saturated carbocycles. The molecular weight excluding hydrogens is 176 g/mol. The number of nitrogens with two attached hydrogens (primary N) is 1. The molecule has 0 aromatic carbocycles. The Morgan fingerprint density at radius 1 is 1.42 bits per heavy atom. The number of nitrogens with zero attached hydrogens (tertiary/aromatic N) is 2. The number of nitrogens with one attached hydrogen (secondary N) is 1. The third kappa shape index (κ3) is 1.23. The Bertz CT molecular complexity index is 280. The first-order chi connectivity index (χ1) is 5.74. The molecule has 1 aliphatic carbocycles. The first-order valence-corrected chi connectivity index (χ1v) is 4.12. The zero-order valence-electron chi connectivity index (χ0n) is 6.42. The summed E-state index contributed by atoms with van der Waals surface area (Å²) in [6.45, 7) is 0. The number of hydrogen-bond acceptors (Lipinski definition) is 4. The van der Waals surface area contributed by atoms with Gasteiger partial charge in [0, 0.05) is 0 Å². The number of alkyl halides is 1. The molecule has 3 N–H and O–H groups in total. The van der Waals surface area contributed by atoms with Crippen molar-refractivity contribution < 1.29 is 0 Å².